The maximum atomic E-state index is 12.8. The molecule has 29 heavy (non-hydrogen) atoms. The third-order valence-electron chi connectivity index (χ3n) is 5.19. The van der Waals surface area contributed by atoms with Crippen molar-refractivity contribution in [1.29, 1.82) is 0 Å². The first-order valence-electron chi connectivity index (χ1n) is 9.80. The maximum absolute atomic E-state index is 12.8. The van der Waals surface area contributed by atoms with Gasteiger partial charge in [0.05, 0.1) is 17.3 Å². The Labute approximate surface area is 176 Å². The van der Waals surface area contributed by atoms with Crippen molar-refractivity contribution in [3.05, 3.63) is 41.7 Å². The van der Waals surface area contributed by atoms with E-state index in [1.54, 1.807) is 0 Å². The molecule has 0 spiro atoms. The van der Waals surface area contributed by atoms with Gasteiger partial charge in [0.15, 0.2) is 15.0 Å². The van der Waals surface area contributed by atoms with Gasteiger partial charge >= 0.3 is 0 Å². The molecule has 1 fully saturated rings. The van der Waals surface area contributed by atoms with E-state index in [1.165, 1.54) is 11.8 Å². The summed E-state index contributed by atoms with van der Waals surface area (Å²) in [6, 6.07) is 10.1. The van der Waals surface area contributed by atoms with Crippen molar-refractivity contribution in [1.82, 2.24) is 19.7 Å². The van der Waals surface area contributed by atoms with E-state index < -0.39 is 9.84 Å². The van der Waals surface area contributed by atoms with Gasteiger partial charge in [-0.1, -0.05) is 42.1 Å². The Morgan fingerprint density at radius 1 is 1.28 bits per heavy atom. The highest BCUT2D eigenvalue weighted by Crippen LogP contribution is 2.24. The molecule has 1 unspecified atom stereocenters. The Morgan fingerprint density at radius 2 is 2.00 bits per heavy atom. The van der Waals surface area contributed by atoms with Crippen LogP contribution in [0.2, 0.25) is 0 Å². The van der Waals surface area contributed by atoms with Crippen molar-refractivity contribution in [2.45, 2.75) is 44.4 Å². The second kappa shape index (κ2) is 9.30. The van der Waals surface area contributed by atoms with Crippen molar-refractivity contribution in [2.24, 2.45) is 13.0 Å². The topological polar surface area (TPSA) is 85.2 Å². The number of benzene rings is 1. The minimum absolute atomic E-state index is 0.0558. The number of hydrogen-bond acceptors (Lipinski definition) is 6. The zero-order valence-corrected chi connectivity index (χ0v) is 18.7. The summed E-state index contributed by atoms with van der Waals surface area (Å²) in [5, 5.41) is 9.11. The molecule has 158 valence electrons. The molecule has 9 heteroatoms. The van der Waals surface area contributed by atoms with E-state index in [-0.39, 0.29) is 35.1 Å². The van der Waals surface area contributed by atoms with Gasteiger partial charge in [0.25, 0.3) is 0 Å². The first-order valence-corrected chi connectivity index (χ1v) is 12.6. The van der Waals surface area contributed by atoms with Gasteiger partial charge in [-0.25, -0.2) is 8.42 Å². The van der Waals surface area contributed by atoms with Crippen LogP contribution in [0.1, 0.15) is 31.7 Å². The van der Waals surface area contributed by atoms with Crippen molar-refractivity contribution < 1.29 is 13.2 Å². The minimum Gasteiger partial charge on any atom is -0.335 e. The molecule has 1 saturated heterocycles. The summed E-state index contributed by atoms with van der Waals surface area (Å²) in [4.78, 5) is 14.7. The quantitative estimate of drug-likeness (QED) is 0.591. The van der Waals surface area contributed by atoms with Crippen LogP contribution in [0.15, 0.2) is 35.5 Å². The standard InChI is InChI=1S/C20H28N4O3S2/c1-15(2)24(12-16-7-5-4-6-8-16)19(25)13-28-20-22-21-18(23(20)3)11-17-9-10-29(26,27)14-17/h4-8,15,17H,9-14H2,1-3H3. The molecule has 0 aliphatic carbocycles. The zero-order chi connectivity index (χ0) is 21.0. The van der Waals surface area contributed by atoms with Crippen LogP contribution in [0.3, 0.4) is 0 Å². The number of sulfone groups is 1. The Balaban J connectivity index is 1.58. The molecule has 1 aromatic heterocycles. The highest BCUT2D eigenvalue weighted by atomic mass is 32.2. The third kappa shape index (κ3) is 5.82. The zero-order valence-electron chi connectivity index (χ0n) is 17.1. The maximum Gasteiger partial charge on any atom is 0.233 e. The fraction of sp³-hybridized carbons (Fsp3) is 0.550. The molecule has 1 aliphatic rings. The van der Waals surface area contributed by atoms with Crippen molar-refractivity contribution in [3.8, 4) is 0 Å². The van der Waals surface area contributed by atoms with Crippen LogP contribution in [0, 0.1) is 5.92 Å². The second-order valence-corrected chi connectivity index (χ2v) is 11.0. The number of amides is 1. The summed E-state index contributed by atoms with van der Waals surface area (Å²) in [6.45, 7) is 4.61. The van der Waals surface area contributed by atoms with Gasteiger partial charge < -0.3 is 9.47 Å². The van der Waals surface area contributed by atoms with Crippen LogP contribution in [-0.2, 0) is 34.6 Å². The monoisotopic (exact) mass is 436 g/mol. The lowest BCUT2D eigenvalue weighted by Crippen LogP contribution is -2.37. The van der Waals surface area contributed by atoms with Crippen LogP contribution >= 0.6 is 11.8 Å². The average Bonchev–Trinajstić information content (AvgIpc) is 3.20. The number of nitrogens with zero attached hydrogens (tertiary/aromatic N) is 4. The summed E-state index contributed by atoms with van der Waals surface area (Å²) in [6.07, 6.45) is 1.28. The van der Waals surface area contributed by atoms with Gasteiger partial charge in [0.1, 0.15) is 5.82 Å². The molecule has 0 saturated carbocycles. The van der Waals surface area contributed by atoms with E-state index in [4.69, 9.17) is 0 Å². The summed E-state index contributed by atoms with van der Waals surface area (Å²) in [5.41, 5.74) is 1.10. The van der Waals surface area contributed by atoms with Gasteiger partial charge in [-0.15, -0.1) is 10.2 Å². The van der Waals surface area contributed by atoms with Crippen LogP contribution in [0.5, 0.6) is 0 Å². The molecule has 0 N–H and O–H groups in total. The molecule has 0 bridgehead atoms. The lowest BCUT2D eigenvalue weighted by molar-refractivity contribution is -0.130. The lowest BCUT2D eigenvalue weighted by Gasteiger charge is -2.26. The number of carbonyl (C=O) groups is 1. The molecule has 0 radical (unpaired) electrons. The van der Waals surface area contributed by atoms with Gasteiger partial charge in [-0.3, -0.25) is 4.79 Å². The van der Waals surface area contributed by atoms with Crippen LogP contribution < -0.4 is 0 Å². The van der Waals surface area contributed by atoms with Crippen LogP contribution in [0.4, 0.5) is 0 Å². The first-order chi connectivity index (χ1) is 13.7. The fourth-order valence-electron chi connectivity index (χ4n) is 3.49. The van der Waals surface area contributed by atoms with Gasteiger partial charge in [-0.05, 0) is 31.7 Å². The SMILES string of the molecule is CC(C)N(Cc1ccccc1)C(=O)CSc1nnc(CC2CCS(=O)(=O)C2)n1C. The van der Waals surface area contributed by atoms with E-state index in [2.05, 4.69) is 10.2 Å². The highest BCUT2D eigenvalue weighted by Gasteiger charge is 2.29. The Hall–Kier alpha value is -1.87. The molecule has 7 nitrogen and oxygen atoms in total. The summed E-state index contributed by atoms with van der Waals surface area (Å²) in [7, 11) is -1.03. The van der Waals surface area contributed by atoms with Crippen molar-refractivity contribution in [2.75, 3.05) is 17.3 Å². The predicted octanol–water partition coefficient (Wildman–Crippen LogP) is 2.32. The number of aromatic nitrogens is 3. The molecule has 2 heterocycles. The molecular formula is C20H28N4O3S2. The summed E-state index contributed by atoms with van der Waals surface area (Å²) >= 11 is 1.37. The van der Waals surface area contributed by atoms with Gasteiger partial charge in [0, 0.05) is 26.1 Å². The van der Waals surface area contributed by atoms with Crippen molar-refractivity contribution >= 4 is 27.5 Å². The minimum atomic E-state index is -2.90. The average molecular weight is 437 g/mol. The van der Waals surface area contributed by atoms with Gasteiger partial charge in [0.2, 0.25) is 5.91 Å². The molecule has 1 atom stereocenters. The van der Waals surface area contributed by atoms with Crippen LogP contribution in [-0.4, -0.2) is 57.3 Å². The molecule has 3 rings (SSSR count). The Morgan fingerprint density at radius 3 is 2.62 bits per heavy atom. The normalized spacial score (nSPS) is 18.3. The number of carbonyl (C=O) groups excluding carboxylic acids is 1. The molecule has 1 aromatic carbocycles. The third-order valence-corrected chi connectivity index (χ3v) is 8.03. The van der Waals surface area contributed by atoms with E-state index in [1.807, 2.05) is 60.7 Å². The summed E-state index contributed by atoms with van der Waals surface area (Å²) < 4.78 is 25.2. The number of thioether (sulfide) groups is 1. The van der Waals surface area contributed by atoms with E-state index in [0.29, 0.717) is 24.5 Å². The smallest absolute Gasteiger partial charge is 0.233 e. The van der Waals surface area contributed by atoms with Gasteiger partial charge in [-0.2, -0.15) is 0 Å². The Kier molecular flexibility index (Phi) is 7.00. The molecule has 1 amide bonds. The number of rotatable bonds is 8. The highest BCUT2D eigenvalue weighted by molar-refractivity contribution is 7.99. The molecule has 1 aliphatic heterocycles. The summed E-state index contributed by atoms with van der Waals surface area (Å²) in [5.74, 6) is 1.70. The predicted molar refractivity (Wildman–Crippen MR) is 114 cm³/mol. The van der Waals surface area contributed by atoms with Crippen LogP contribution in [0.25, 0.3) is 0 Å². The van der Waals surface area contributed by atoms with E-state index in [0.717, 1.165) is 11.4 Å². The van der Waals surface area contributed by atoms with Crippen molar-refractivity contribution in [3.63, 3.8) is 0 Å². The van der Waals surface area contributed by atoms with E-state index >= 15 is 0 Å². The molecule has 2 aromatic rings. The second-order valence-electron chi connectivity index (χ2n) is 7.82. The Bertz CT molecular complexity index is 942. The van der Waals surface area contributed by atoms with E-state index in [9.17, 15) is 13.2 Å². The lowest BCUT2D eigenvalue weighted by atomic mass is 10.1. The largest absolute Gasteiger partial charge is 0.335 e. The number of hydrogen-bond donors (Lipinski definition) is 0. The first kappa shape index (κ1) is 21.8. The molecular weight excluding hydrogens is 408 g/mol. The fourth-order valence-corrected chi connectivity index (χ4v) is 6.17.